The minimum absolute atomic E-state index is 0.666. The maximum Gasteiger partial charge on any atom is -0.0233 e. The zero-order valence-corrected chi connectivity index (χ0v) is 9.85. The standard InChI is InChI=1S/C13H24/c1-6-10-11-9(3)8-13(11,5)12(10,4)7-2/h9-11H,6-8H2,1-5H3. The molecule has 0 amide bonds. The summed E-state index contributed by atoms with van der Waals surface area (Å²) in [6.45, 7) is 12.3. The fourth-order valence-electron chi connectivity index (χ4n) is 4.95. The van der Waals surface area contributed by atoms with Gasteiger partial charge in [-0.05, 0) is 41.4 Å². The maximum absolute atomic E-state index is 2.54. The molecule has 0 heteroatoms. The molecule has 2 rings (SSSR count). The van der Waals surface area contributed by atoms with E-state index < -0.39 is 0 Å². The van der Waals surface area contributed by atoms with Crippen LogP contribution in [0.1, 0.15) is 53.9 Å². The normalized spacial score (nSPS) is 59.3. The highest BCUT2D eigenvalue weighted by molar-refractivity contribution is 5.19. The van der Waals surface area contributed by atoms with E-state index >= 15 is 0 Å². The molecule has 0 heterocycles. The zero-order chi connectivity index (χ0) is 9.85. The zero-order valence-electron chi connectivity index (χ0n) is 9.85. The van der Waals surface area contributed by atoms with Crippen LogP contribution in [0.2, 0.25) is 0 Å². The lowest BCUT2D eigenvalue weighted by molar-refractivity contribution is -0.287. The van der Waals surface area contributed by atoms with Gasteiger partial charge in [-0.25, -0.2) is 0 Å². The molecule has 0 spiro atoms. The fourth-order valence-corrected chi connectivity index (χ4v) is 4.95. The third kappa shape index (κ3) is 0.789. The van der Waals surface area contributed by atoms with Gasteiger partial charge in [0.05, 0.1) is 0 Å². The van der Waals surface area contributed by atoms with Crippen LogP contribution in [0.25, 0.3) is 0 Å². The summed E-state index contributed by atoms with van der Waals surface area (Å²) in [5, 5.41) is 0. The number of rotatable bonds is 2. The first kappa shape index (κ1) is 9.55. The van der Waals surface area contributed by atoms with E-state index in [1.807, 2.05) is 0 Å². The van der Waals surface area contributed by atoms with Crippen LogP contribution in [-0.2, 0) is 0 Å². The Morgan fingerprint density at radius 3 is 2.23 bits per heavy atom. The van der Waals surface area contributed by atoms with Crippen LogP contribution < -0.4 is 0 Å². The first-order valence-electron chi connectivity index (χ1n) is 6.01. The molecule has 0 saturated heterocycles. The molecule has 2 aliphatic carbocycles. The maximum atomic E-state index is 2.54. The minimum atomic E-state index is 0.666. The van der Waals surface area contributed by atoms with E-state index in [0.717, 1.165) is 17.8 Å². The van der Waals surface area contributed by atoms with Gasteiger partial charge in [0.2, 0.25) is 0 Å². The molecule has 0 radical (unpaired) electrons. The predicted molar refractivity (Wildman–Crippen MR) is 57.6 cm³/mol. The predicted octanol–water partition coefficient (Wildman–Crippen LogP) is 4.10. The third-order valence-corrected chi connectivity index (χ3v) is 5.83. The molecule has 0 aromatic heterocycles. The monoisotopic (exact) mass is 180 g/mol. The molecule has 13 heavy (non-hydrogen) atoms. The summed E-state index contributed by atoms with van der Waals surface area (Å²) in [4.78, 5) is 0. The van der Waals surface area contributed by atoms with E-state index in [9.17, 15) is 0 Å². The topological polar surface area (TPSA) is 0 Å². The first-order chi connectivity index (χ1) is 6.01. The average Bonchev–Trinajstić information content (AvgIpc) is 2.11. The van der Waals surface area contributed by atoms with Crippen LogP contribution in [0, 0.1) is 28.6 Å². The largest absolute Gasteiger partial charge is 0.0651 e. The summed E-state index contributed by atoms with van der Waals surface area (Å²) in [7, 11) is 0. The number of hydrogen-bond donors (Lipinski definition) is 0. The second-order valence-corrected chi connectivity index (χ2v) is 5.91. The first-order valence-corrected chi connectivity index (χ1v) is 6.01. The molecule has 0 aliphatic heterocycles. The highest BCUT2D eigenvalue weighted by Gasteiger charge is 2.71. The van der Waals surface area contributed by atoms with Crippen molar-refractivity contribution in [2.45, 2.75) is 53.9 Å². The molecule has 5 atom stereocenters. The highest BCUT2D eigenvalue weighted by Crippen LogP contribution is 2.77. The van der Waals surface area contributed by atoms with E-state index in [1.54, 1.807) is 0 Å². The van der Waals surface area contributed by atoms with E-state index in [0.29, 0.717) is 10.8 Å². The van der Waals surface area contributed by atoms with Gasteiger partial charge in [0.1, 0.15) is 0 Å². The Hall–Kier alpha value is 0. The SMILES string of the molecule is CCC1C2C(C)CC2(C)C1(C)CC. The highest BCUT2D eigenvalue weighted by atomic mass is 14.8. The van der Waals surface area contributed by atoms with Crippen molar-refractivity contribution in [3.8, 4) is 0 Å². The smallest absolute Gasteiger partial charge is 0.0233 e. The molecule has 0 aromatic rings. The Morgan fingerprint density at radius 1 is 1.23 bits per heavy atom. The van der Waals surface area contributed by atoms with Crippen molar-refractivity contribution in [1.82, 2.24) is 0 Å². The molecular weight excluding hydrogens is 156 g/mol. The molecule has 5 unspecified atom stereocenters. The van der Waals surface area contributed by atoms with Gasteiger partial charge in [-0.2, -0.15) is 0 Å². The summed E-state index contributed by atoms with van der Waals surface area (Å²) in [5.41, 5.74) is 1.38. The molecule has 2 saturated carbocycles. The molecule has 2 aliphatic rings. The van der Waals surface area contributed by atoms with Crippen molar-refractivity contribution < 1.29 is 0 Å². The minimum Gasteiger partial charge on any atom is -0.0651 e. The Morgan fingerprint density at radius 2 is 1.85 bits per heavy atom. The van der Waals surface area contributed by atoms with Crippen molar-refractivity contribution in [3.63, 3.8) is 0 Å². The average molecular weight is 180 g/mol. The third-order valence-electron chi connectivity index (χ3n) is 5.83. The Bertz CT molecular complexity index is 220. The quantitative estimate of drug-likeness (QED) is 0.600. The van der Waals surface area contributed by atoms with Crippen LogP contribution in [0.3, 0.4) is 0 Å². The number of fused-ring (bicyclic) bond motifs is 1. The van der Waals surface area contributed by atoms with Gasteiger partial charge < -0.3 is 0 Å². The van der Waals surface area contributed by atoms with Crippen LogP contribution >= 0.6 is 0 Å². The van der Waals surface area contributed by atoms with E-state index in [1.165, 1.54) is 19.3 Å². The van der Waals surface area contributed by atoms with Crippen molar-refractivity contribution in [1.29, 1.82) is 0 Å². The lowest BCUT2D eigenvalue weighted by Crippen LogP contribution is -2.71. The van der Waals surface area contributed by atoms with E-state index in [2.05, 4.69) is 34.6 Å². The van der Waals surface area contributed by atoms with Gasteiger partial charge in [0, 0.05) is 0 Å². The summed E-state index contributed by atoms with van der Waals surface area (Å²) in [6.07, 6.45) is 4.26. The van der Waals surface area contributed by atoms with Crippen molar-refractivity contribution >= 4 is 0 Å². The molecule has 0 bridgehead atoms. The Balaban J connectivity index is 2.22. The van der Waals surface area contributed by atoms with Gasteiger partial charge >= 0.3 is 0 Å². The van der Waals surface area contributed by atoms with Crippen LogP contribution in [0.15, 0.2) is 0 Å². The molecule has 76 valence electrons. The van der Waals surface area contributed by atoms with Crippen molar-refractivity contribution in [3.05, 3.63) is 0 Å². The summed E-state index contributed by atoms with van der Waals surface area (Å²) in [6, 6.07) is 0. The summed E-state index contributed by atoms with van der Waals surface area (Å²) in [5.74, 6) is 3.09. The number of hydrogen-bond acceptors (Lipinski definition) is 0. The van der Waals surface area contributed by atoms with E-state index in [4.69, 9.17) is 0 Å². The lowest BCUT2D eigenvalue weighted by atomic mass is 9.28. The lowest BCUT2D eigenvalue weighted by Gasteiger charge is -2.77. The van der Waals surface area contributed by atoms with E-state index in [-0.39, 0.29) is 0 Å². The molecule has 0 N–H and O–H groups in total. The van der Waals surface area contributed by atoms with Crippen LogP contribution in [0.5, 0.6) is 0 Å². The van der Waals surface area contributed by atoms with Crippen molar-refractivity contribution in [2.24, 2.45) is 28.6 Å². The van der Waals surface area contributed by atoms with Crippen molar-refractivity contribution in [2.75, 3.05) is 0 Å². The second kappa shape index (κ2) is 2.52. The Kier molecular flexibility index (Phi) is 1.85. The van der Waals surface area contributed by atoms with Gasteiger partial charge in [-0.3, -0.25) is 0 Å². The van der Waals surface area contributed by atoms with Gasteiger partial charge in [-0.1, -0.05) is 41.0 Å². The van der Waals surface area contributed by atoms with Gasteiger partial charge in [0.25, 0.3) is 0 Å². The molecule has 0 nitrogen and oxygen atoms in total. The molecule has 0 aromatic carbocycles. The summed E-state index contributed by atoms with van der Waals surface area (Å²) >= 11 is 0. The van der Waals surface area contributed by atoms with Gasteiger partial charge in [0.15, 0.2) is 0 Å². The second-order valence-electron chi connectivity index (χ2n) is 5.91. The molecular formula is C13H24. The summed E-state index contributed by atoms with van der Waals surface area (Å²) < 4.78 is 0. The fraction of sp³-hybridized carbons (Fsp3) is 1.00. The van der Waals surface area contributed by atoms with Crippen LogP contribution in [0.4, 0.5) is 0 Å². The molecule has 2 fully saturated rings. The van der Waals surface area contributed by atoms with Crippen LogP contribution in [-0.4, -0.2) is 0 Å². The van der Waals surface area contributed by atoms with Gasteiger partial charge in [-0.15, -0.1) is 0 Å². The Labute approximate surface area is 83.1 Å².